The summed E-state index contributed by atoms with van der Waals surface area (Å²) in [6.45, 7) is 3.89. The number of carbonyl (C=O) groups excluding carboxylic acids is 2. The van der Waals surface area contributed by atoms with Crippen molar-refractivity contribution in [2.24, 2.45) is 0 Å². The molecule has 4 aliphatic rings. The maximum absolute atomic E-state index is 13.4. The van der Waals surface area contributed by atoms with Gasteiger partial charge in [-0.15, -0.1) is 0 Å². The SMILES string of the molecule is CC1NN(C)C(C)C1OCC(=O)NC12CC(NC(=O)COc3ccc(Cl)c(F)c3)(C1)C2. The lowest BCUT2D eigenvalue weighted by atomic mass is 9.44. The monoisotopic (exact) mass is 454 g/mol. The number of hydrogen-bond acceptors (Lipinski definition) is 6. The minimum Gasteiger partial charge on any atom is -0.484 e. The van der Waals surface area contributed by atoms with Crippen molar-refractivity contribution in [1.82, 2.24) is 21.1 Å². The van der Waals surface area contributed by atoms with Gasteiger partial charge in [0.15, 0.2) is 6.61 Å². The summed E-state index contributed by atoms with van der Waals surface area (Å²) in [5.74, 6) is -0.771. The van der Waals surface area contributed by atoms with E-state index in [9.17, 15) is 14.0 Å². The first-order valence-corrected chi connectivity index (χ1v) is 10.8. The van der Waals surface area contributed by atoms with Gasteiger partial charge in [-0.1, -0.05) is 11.6 Å². The molecule has 4 fully saturated rings. The van der Waals surface area contributed by atoms with Crippen LogP contribution in [0.4, 0.5) is 4.39 Å². The molecule has 1 aromatic rings. The lowest BCUT2D eigenvalue weighted by Crippen LogP contribution is -2.84. The summed E-state index contributed by atoms with van der Waals surface area (Å²) >= 11 is 5.63. The first kappa shape index (κ1) is 22.3. The van der Waals surface area contributed by atoms with Gasteiger partial charge in [0.05, 0.1) is 11.1 Å². The number of hydrogen-bond donors (Lipinski definition) is 3. The van der Waals surface area contributed by atoms with Gasteiger partial charge in [0.25, 0.3) is 5.91 Å². The van der Waals surface area contributed by atoms with E-state index in [-0.39, 0.29) is 65.1 Å². The van der Waals surface area contributed by atoms with Crippen molar-refractivity contribution >= 4 is 23.4 Å². The molecule has 1 aliphatic heterocycles. The number of amides is 2. The van der Waals surface area contributed by atoms with Gasteiger partial charge in [-0.25, -0.2) is 14.8 Å². The summed E-state index contributed by atoms with van der Waals surface area (Å²) in [5, 5.41) is 8.02. The normalized spacial score (nSPS) is 33.9. The second-order valence-corrected chi connectivity index (χ2v) is 9.50. The van der Waals surface area contributed by atoms with Gasteiger partial charge in [0.2, 0.25) is 5.91 Å². The van der Waals surface area contributed by atoms with Crippen LogP contribution in [-0.2, 0) is 14.3 Å². The molecule has 0 radical (unpaired) electrons. The predicted molar refractivity (Wildman–Crippen MR) is 112 cm³/mol. The molecule has 10 heteroatoms. The molecule has 0 aromatic heterocycles. The van der Waals surface area contributed by atoms with E-state index in [4.69, 9.17) is 21.1 Å². The van der Waals surface area contributed by atoms with E-state index in [1.165, 1.54) is 12.1 Å². The van der Waals surface area contributed by atoms with Gasteiger partial charge >= 0.3 is 0 Å². The van der Waals surface area contributed by atoms with Crippen LogP contribution in [0.5, 0.6) is 5.75 Å². The van der Waals surface area contributed by atoms with Crippen LogP contribution in [0, 0.1) is 5.82 Å². The van der Waals surface area contributed by atoms with Crippen molar-refractivity contribution in [2.75, 3.05) is 20.3 Å². The fourth-order valence-electron chi connectivity index (χ4n) is 5.04. The van der Waals surface area contributed by atoms with Crippen molar-refractivity contribution in [1.29, 1.82) is 0 Å². The zero-order valence-electron chi connectivity index (χ0n) is 17.8. The summed E-state index contributed by atoms with van der Waals surface area (Å²) in [6, 6.07) is 4.36. The number of ether oxygens (including phenoxy) is 2. The topological polar surface area (TPSA) is 91.9 Å². The highest BCUT2D eigenvalue weighted by Gasteiger charge is 2.69. The van der Waals surface area contributed by atoms with Crippen LogP contribution in [0.1, 0.15) is 33.1 Å². The summed E-state index contributed by atoms with van der Waals surface area (Å²) < 4.78 is 24.6. The molecule has 1 aromatic carbocycles. The first-order valence-electron chi connectivity index (χ1n) is 10.4. The highest BCUT2D eigenvalue weighted by Crippen LogP contribution is 2.60. The molecule has 3 aliphatic carbocycles. The number of nitrogens with zero attached hydrogens (tertiary/aromatic N) is 1. The van der Waals surface area contributed by atoms with Crippen LogP contribution in [0.3, 0.4) is 0 Å². The Morgan fingerprint density at radius 2 is 1.81 bits per heavy atom. The quantitative estimate of drug-likeness (QED) is 0.549. The molecule has 3 N–H and O–H groups in total. The van der Waals surface area contributed by atoms with Crippen LogP contribution in [0.2, 0.25) is 5.02 Å². The van der Waals surface area contributed by atoms with E-state index >= 15 is 0 Å². The number of rotatable bonds is 8. The Labute approximate surface area is 185 Å². The van der Waals surface area contributed by atoms with Crippen molar-refractivity contribution in [2.45, 2.75) is 62.4 Å². The third kappa shape index (κ3) is 4.50. The second-order valence-electron chi connectivity index (χ2n) is 9.10. The molecule has 170 valence electrons. The molecule has 31 heavy (non-hydrogen) atoms. The van der Waals surface area contributed by atoms with E-state index in [1.807, 2.05) is 19.0 Å². The average molecular weight is 455 g/mol. The summed E-state index contributed by atoms with van der Waals surface area (Å²) in [4.78, 5) is 24.5. The molecule has 3 atom stereocenters. The number of benzene rings is 1. The first-order chi connectivity index (χ1) is 14.6. The molecular formula is C21H28ClFN4O4. The molecule has 0 spiro atoms. The van der Waals surface area contributed by atoms with Gasteiger partial charge in [0.1, 0.15) is 18.2 Å². The molecule has 2 amide bonds. The Hall–Kier alpha value is -1.94. The third-order valence-corrected chi connectivity index (χ3v) is 6.80. The Balaban J connectivity index is 1.16. The van der Waals surface area contributed by atoms with Crippen molar-refractivity contribution in [3.63, 3.8) is 0 Å². The number of halogens is 2. The second kappa shape index (κ2) is 8.20. The lowest BCUT2D eigenvalue weighted by Gasteiger charge is -2.70. The number of nitrogens with one attached hydrogen (secondary N) is 3. The van der Waals surface area contributed by atoms with Gasteiger partial charge in [0, 0.05) is 36.3 Å². The van der Waals surface area contributed by atoms with Crippen molar-refractivity contribution in [3.8, 4) is 5.75 Å². The van der Waals surface area contributed by atoms with Gasteiger partial charge in [-0.3, -0.25) is 9.59 Å². The van der Waals surface area contributed by atoms with Crippen LogP contribution in [0.25, 0.3) is 0 Å². The predicted octanol–water partition coefficient (Wildman–Crippen LogP) is 1.38. The zero-order valence-corrected chi connectivity index (χ0v) is 18.6. The molecule has 3 unspecified atom stereocenters. The Kier molecular flexibility index (Phi) is 5.89. The third-order valence-electron chi connectivity index (χ3n) is 6.49. The van der Waals surface area contributed by atoms with Crippen LogP contribution < -0.4 is 20.8 Å². The van der Waals surface area contributed by atoms with E-state index in [2.05, 4.69) is 23.0 Å². The molecule has 2 bridgehead atoms. The van der Waals surface area contributed by atoms with Crippen LogP contribution in [-0.4, -0.2) is 66.4 Å². The summed E-state index contributed by atoms with van der Waals surface area (Å²) in [7, 11) is 1.96. The fraction of sp³-hybridized carbons (Fsp3) is 0.619. The summed E-state index contributed by atoms with van der Waals surface area (Å²) in [5.41, 5.74) is 2.72. The van der Waals surface area contributed by atoms with Gasteiger partial charge < -0.3 is 20.1 Å². The lowest BCUT2D eigenvalue weighted by molar-refractivity contribution is -0.153. The Morgan fingerprint density at radius 1 is 1.19 bits per heavy atom. The number of carbonyl (C=O) groups is 2. The zero-order chi connectivity index (χ0) is 22.4. The Morgan fingerprint density at radius 3 is 2.35 bits per heavy atom. The van der Waals surface area contributed by atoms with E-state index in [1.54, 1.807) is 0 Å². The molecule has 1 heterocycles. The maximum atomic E-state index is 13.4. The highest BCUT2D eigenvalue weighted by molar-refractivity contribution is 6.30. The minimum atomic E-state index is -0.596. The molecule has 8 nitrogen and oxygen atoms in total. The van der Waals surface area contributed by atoms with E-state index in [0.717, 1.165) is 6.07 Å². The largest absolute Gasteiger partial charge is 0.484 e. The average Bonchev–Trinajstić information content (AvgIpc) is 2.90. The van der Waals surface area contributed by atoms with Crippen molar-refractivity contribution in [3.05, 3.63) is 29.0 Å². The van der Waals surface area contributed by atoms with Gasteiger partial charge in [-0.2, -0.15) is 0 Å². The molecule has 1 saturated heterocycles. The smallest absolute Gasteiger partial charge is 0.258 e. The minimum absolute atomic E-state index is 0.000295. The van der Waals surface area contributed by atoms with Gasteiger partial charge in [-0.05, 0) is 45.2 Å². The molecule has 3 saturated carbocycles. The number of hydrazine groups is 1. The van der Waals surface area contributed by atoms with Crippen molar-refractivity contribution < 1.29 is 23.5 Å². The Bertz CT molecular complexity index is 865. The van der Waals surface area contributed by atoms with E-state index in [0.29, 0.717) is 19.3 Å². The number of likely N-dealkylation sites (N-methyl/N-ethyl adjacent to an activating group) is 1. The van der Waals surface area contributed by atoms with Crippen LogP contribution in [0.15, 0.2) is 18.2 Å². The molecule has 5 rings (SSSR count). The van der Waals surface area contributed by atoms with E-state index < -0.39 is 5.82 Å². The standard InChI is InChI=1S/C21H28ClFN4O4/c1-12-19(13(2)27(3)26-12)31-8-18(29)25-21-9-20(10-21,11-21)24-17(28)7-30-14-4-5-15(22)16(23)6-14/h4-6,12-13,19,26H,7-11H2,1-3H3,(H,24,28)(H,25,29). The molecular weight excluding hydrogens is 427 g/mol. The van der Waals surface area contributed by atoms with Crippen LogP contribution >= 0.6 is 11.6 Å². The summed E-state index contributed by atoms with van der Waals surface area (Å²) in [6.07, 6.45) is 2.01. The highest BCUT2D eigenvalue weighted by atomic mass is 35.5. The maximum Gasteiger partial charge on any atom is 0.258 e. The fourth-order valence-corrected chi connectivity index (χ4v) is 5.16.